The summed E-state index contributed by atoms with van der Waals surface area (Å²) in [5, 5.41) is 0. The number of ketones is 1. The largest absolute Gasteiger partial charge is 0.493 e. The van der Waals surface area contributed by atoms with E-state index >= 15 is 0 Å². The number of halogens is 1. The molecule has 0 atom stereocenters. The average Bonchev–Trinajstić information content (AvgIpc) is 2.26. The van der Waals surface area contributed by atoms with E-state index in [2.05, 4.69) is 15.9 Å². The van der Waals surface area contributed by atoms with Gasteiger partial charge in [0.15, 0.2) is 5.78 Å². The standard InChI is InChI=1S/C14H17BrO2/c1-2-17-14-7-6-11(9-12(14)15)13(16)8-10-4-3-5-10/h6-7,9-10H,2-5,8H2,1H3. The summed E-state index contributed by atoms with van der Waals surface area (Å²) in [6.45, 7) is 2.58. The van der Waals surface area contributed by atoms with Gasteiger partial charge in [-0.25, -0.2) is 0 Å². The van der Waals surface area contributed by atoms with Crippen LogP contribution in [0.25, 0.3) is 0 Å². The molecule has 1 aromatic carbocycles. The summed E-state index contributed by atoms with van der Waals surface area (Å²) >= 11 is 3.44. The zero-order chi connectivity index (χ0) is 12.3. The minimum absolute atomic E-state index is 0.249. The van der Waals surface area contributed by atoms with Crippen molar-refractivity contribution < 1.29 is 9.53 Å². The van der Waals surface area contributed by atoms with Crippen molar-refractivity contribution in [1.82, 2.24) is 0 Å². The molecule has 0 radical (unpaired) electrons. The first-order chi connectivity index (χ1) is 8.20. The molecule has 3 heteroatoms. The summed E-state index contributed by atoms with van der Waals surface area (Å²) in [5.41, 5.74) is 0.784. The van der Waals surface area contributed by atoms with Crippen molar-refractivity contribution in [2.24, 2.45) is 5.92 Å². The van der Waals surface area contributed by atoms with Crippen molar-refractivity contribution >= 4 is 21.7 Å². The van der Waals surface area contributed by atoms with Crippen molar-refractivity contribution in [1.29, 1.82) is 0 Å². The predicted octanol–water partition coefficient (Wildman–Crippen LogP) is 4.22. The second-order valence-corrected chi connectivity index (χ2v) is 5.36. The quantitative estimate of drug-likeness (QED) is 0.761. The predicted molar refractivity (Wildman–Crippen MR) is 71.6 cm³/mol. The van der Waals surface area contributed by atoms with Gasteiger partial charge in [-0.15, -0.1) is 0 Å². The Morgan fingerprint density at radius 2 is 2.24 bits per heavy atom. The van der Waals surface area contributed by atoms with E-state index < -0.39 is 0 Å². The van der Waals surface area contributed by atoms with Crippen molar-refractivity contribution in [3.63, 3.8) is 0 Å². The molecule has 17 heavy (non-hydrogen) atoms. The highest BCUT2D eigenvalue weighted by Crippen LogP contribution is 2.32. The maximum absolute atomic E-state index is 12.0. The lowest BCUT2D eigenvalue weighted by atomic mass is 9.81. The molecule has 1 saturated carbocycles. The Kier molecular flexibility index (Phi) is 4.21. The van der Waals surface area contributed by atoms with Gasteiger partial charge in [0.05, 0.1) is 11.1 Å². The van der Waals surface area contributed by atoms with E-state index in [1.54, 1.807) is 0 Å². The lowest BCUT2D eigenvalue weighted by Crippen LogP contribution is -2.15. The highest BCUT2D eigenvalue weighted by molar-refractivity contribution is 9.10. The molecule has 0 heterocycles. The van der Waals surface area contributed by atoms with Crippen LogP contribution in [0.5, 0.6) is 5.75 Å². The molecular weight excluding hydrogens is 280 g/mol. The van der Waals surface area contributed by atoms with Gasteiger partial charge in [-0.1, -0.05) is 19.3 Å². The second-order valence-electron chi connectivity index (χ2n) is 4.50. The highest BCUT2D eigenvalue weighted by atomic mass is 79.9. The Labute approximate surface area is 110 Å². The fourth-order valence-electron chi connectivity index (χ4n) is 2.02. The van der Waals surface area contributed by atoms with E-state index in [1.165, 1.54) is 19.3 Å². The van der Waals surface area contributed by atoms with Crippen LogP contribution in [0.1, 0.15) is 43.0 Å². The smallest absolute Gasteiger partial charge is 0.163 e. The molecule has 1 aliphatic carbocycles. The molecule has 0 bridgehead atoms. The molecule has 92 valence electrons. The van der Waals surface area contributed by atoms with Crippen LogP contribution < -0.4 is 4.74 Å². The van der Waals surface area contributed by atoms with Gasteiger partial charge >= 0.3 is 0 Å². The van der Waals surface area contributed by atoms with Crippen molar-refractivity contribution in [3.8, 4) is 5.75 Å². The number of hydrogen-bond acceptors (Lipinski definition) is 2. The molecule has 1 aliphatic rings. The van der Waals surface area contributed by atoms with Gasteiger partial charge < -0.3 is 4.74 Å². The molecule has 0 N–H and O–H groups in total. The van der Waals surface area contributed by atoms with Crippen LogP contribution in [0, 0.1) is 5.92 Å². The first-order valence-corrected chi connectivity index (χ1v) is 6.95. The van der Waals surface area contributed by atoms with Gasteiger partial charge in [0.25, 0.3) is 0 Å². The Bertz CT molecular complexity index is 411. The molecule has 0 aromatic heterocycles. The first-order valence-electron chi connectivity index (χ1n) is 6.16. The normalized spacial score (nSPS) is 15.4. The highest BCUT2D eigenvalue weighted by Gasteiger charge is 2.21. The average molecular weight is 297 g/mol. The monoisotopic (exact) mass is 296 g/mol. The molecule has 1 fully saturated rings. The Balaban J connectivity index is 2.04. The number of carbonyl (C=O) groups excluding carboxylic acids is 1. The van der Waals surface area contributed by atoms with E-state index in [9.17, 15) is 4.79 Å². The van der Waals surface area contributed by atoms with E-state index in [0.29, 0.717) is 18.9 Å². The maximum Gasteiger partial charge on any atom is 0.163 e. The van der Waals surface area contributed by atoms with Crippen LogP contribution in [0.3, 0.4) is 0 Å². The zero-order valence-corrected chi connectivity index (χ0v) is 11.6. The van der Waals surface area contributed by atoms with Gasteiger partial charge in [-0.05, 0) is 47.0 Å². The fourth-order valence-corrected chi connectivity index (χ4v) is 2.52. The summed E-state index contributed by atoms with van der Waals surface area (Å²) in [7, 11) is 0. The van der Waals surface area contributed by atoms with Gasteiger partial charge in [-0.3, -0.25) is 4.79 Å². The van der Waals surface area contributed by atoms with Gasteiger partial charge in [0.2, 0.25) is 0 Å². The molecule has 0 saturated heterocycles. The summed E-state index contributed by atoms with van der Waals surface area (Å²) in [4.78, 5) is 12.0. The number of rotatable bonds is 5. The van der Waals surface area contributed by atoms with E-state index in [-0.39, 0.29) is 5.78 Å². The number of ether oxygens (including phenoxy) is 1. The molecule has 0 aliphatic heterocycles. The van der Waals surface area contributed by atoms with Crippen LogP contribution in [-0.4, -0.2) is 12.4 Å². The van der Waals surface area contributed by atoms with Gasteiger partial charge in [-0.2, -0.15) is 0 Å². The Hall–Kier alpha value is -0.830. The first kappa shape index (κ1) is 12.6. The minimum atomic E-state index is 0.249. The summed E-state index contributed by atoms with van der Waals surface area (Å²) in [6, 6.07) is 5.59. The molecule has 2 rings (SSSR count). The van der Waals surface area contributed by atoms with Crippen molar-refractivity contribution in [3.05, 3.63) is 28.2 Å². The zero-order valence-electron chi connectivity index (χ0n) is 10.0. The molecule has 2 nitrogen and oxygen atoms in total. The Morgan fingerprint density at radius 1 is 1.47 bits per heavy atom. The van der Waals surface area contributed by atoms with Gasteiger partial charge in [0, 0.05) is 12.0 Å². The topological polar surface area (TPSA) is 26.3 Å². The number of hydrogen-bond donors (Lipinski definition) is 0. The molecular formula is C14H17BrO2. The molecule has 0 spiro atoms. The second kappa shape index (κ2) is 5.67. The summed E-state index contributed by atoms with van der Waals surface area (Å²) < 4.78 is 6.29. The Morgan fingerprint density at radius 3 is 2.76 bits per heavy atom. The van der Waals surface area contributed by atoms with Crippen LogP contribution in [0.4, 0.5) is 0 Å². The third-order valence-corrected chi connectivity index (χ3v) is 3.87. The third kappa shape index (κ3) is 3.09. The van der Waals surface area contributed by atoms with Crippen LogP contribution in [-0.2, 0) is 0 Å². The summed E-state index contributed by atoms with van der Waals surface area (Å²) in [5.74, 6) is 1.67. The third-order valence-electron chi connectivity index (χ3n) is 3.25. The van der Waals surface area contributed by atoms with E-state index in [1.807, 2.05) is 25.1 Å². The van der Waals surface area contributed by atoms with E-state index in [4.69, 9.17) is 4.74 Å². The maximum atomic E-state index is 12.0. The number of benzene rings is 1. The minimum Gasteiger partial charge on any atom is -0.493 e. The van der Waals surface area contributed by atoms with Gasteiger partial charge in [0.1, 0.15) is 5.75 Å². The number of carbonyl (C=O) groups is 1. The summed E-state index contributed by atoms with van der Waals surface area (Å²) in [6.07, 6.45) is 4.40. The van der Waals surface area contributed by atoms with Crippen molar-refractivity contribution in [2.75, 3.05) is 6.61 Å². The SMILES string of the molecule is CCOc1ccc(C(=O)CC2CCC2)cc1Br. The molecule has 1 aromatic rings. The molecule has 0 unspecified atom stereocenters. The van der Waals surface area contributed by atoms with Crippen LogP contribution >= 0.6 is 15.9 Å². The molecule has 0 amide bonds. The number of Topliss-reactive ketones (excluding diaryl/α,β-unsaturated/α-hetero) is 1. The fraction of sp³-hybridized carbons (Fsp3) is 0.500. The van der Waals surface area contributed by atoms with Crippen molar-refractivity contribution in [2.45, 2.75) is 32.6 Å². The van der Waals surface area contributed by atoms with E-state index in [0.717, 1.165) is 15.8 Å². The lowest BCUT2D eigenvalue weighted by molar-refractivity contribution is 0.0936. The van der Waals surface area contributed by atoms with Crippen LogP contribution in [0.2, 0.25) is 0 Å². The van der Waals surface area contributed by atoms with Crippen LogP contribution in [0.15, 0.2) is 22.7 Å². The lowest BCUT2D eigenvalue weighted by Gasteiger charge is -2.24.